The minimum atomic E-state index is -3.44. The highest BCUT2D eigenvalue weighted by Crippen LogP contribution is 2.32. The zero-order chi connectivity index (χ0) is 22.6. The highest BCUT2D eigenvalue weighted by molar-refractivity contribution is 7.91. The van der Waals surface area contributed by atoms with Crippen molar-refractivity contribution in [3.63, 3.8) is 0 Å². The number of anilines is 1. The summed E-state index contributed by atoms with van der Waals surface area (Å²) in [6.45, 7) is 0.320. The molecule has 0 aliphatic heterocycles. The number of amides is 1. The molecule has 0 N–H and O–H groups in total. The molecule has 32 heavy (non-hydrogen) atoms. The molecular formula is C23H20ClN3O3S2. The van der Waals surface area contributed by atoms with E-state index in [2.05, 4.69) is 9.97 Å². The van der Waals surface area contributed by atoms with E-state index in [1.54, 1.807) is 53.7 Å². The van der Waals surface area contributed by atoms with Crippen LogP contribution in [0.1, 0.15) is 18.4 Å². The average Bonchev–Trinajstić information content (AvgIpc) is 3.21. The molecule has 0 aliphatic rings. The number of pyridine rings is 1. The van der Waals surface area contributed by atoms with E-state index in [9.17, 15) is 13.2 Å². The van der Waals surface area contributed by atoms with E-state index in [4.69, 9.17) is 11.6 Å². The molecular weight excluding hydrogens is 466 g/mol. The third kappa shape index (κ3) is 5.32. The summed E-state index contributed by atoms with van der Waals surface area (Å²) in [5.74, 6) is -0.281. The Balaban J connectivity index is 1.53. The summed E-state index contributed by atoms with van der Waals surface area (Å²) in [6, 6.07) is 17.4. The Morgan fingerprint density at radius 3 is 2.53 bits per heavy atom. The molecule has 1 amide bonds. The van der Waals surface area contributed by atoms with Gasteiger partial charge in [0.05, 0.1) is 27.4 Å². The second-order valence-corrected chi connectivity index (χ2v) is 10.7. The molecule has 9 heteroatoms. The molecule has 0 spiro atoms. The summed E-state index contributed by atoms with van der Waals surface area (Å²) >= 11 is 7.47. The lowest BCUT2D eigenvalue weighted by molar-refractivity contribution is -0.118. The Labute approximate surface area is 195 Å². The normalized spacial score (nSPS) is 11.5. The predicted octanol–water partition coefficient (Wildman–Crippen LogP) is 5.13. The minimum absolute atomic E-state index is 0.0911. The van der Waals surface area contributed by atoms with Crippen molar-refractivity contribution >= 4 is 54.0 Å². The SMILES string of the molecule is O=C(CCCS(=O)(=O)c1ccccc1)N(Cc1ccncc1)c1nc2ccc(Cl)cc2s1. The fourth-order valence-electron chi connectivity index (χ4n) is 3.23. The summed E-state index contributed by atoms with van der Waals surface area (Å²) in [5.41, 5.74) is 1.66. The largest absolute Gasteiger partial charge is 0.284 e. The van der Waals surface area contributed by atoms with Crippen molar-refractivity contribution in [1.82, 2.24) is 9.97 Å². The number of carbonyl (C=O) groups is 1. The number of nitrogens with zero attached hydrogens (tertiary/aromatic N) is 3. The lowest BCUT2D eigenvalue weighted by Gasteiger charge is -2.20. The zero-order valence-electron chi connectivity index (χ0n) is 17.0. The first kappa shape index (κ1) is 22.4. The molecule has 0 atom stereocenters. The maximum absolute atomic E-state index is 13.2. The van der Waals surface area contributed by atoms with E-state index < -0.39 is 9.84 Å². The van der Waals surface area contributed by atoms with E-state index in [1.807, 2.05) is 24.3 Å². The van der Waals surface area contributed by atoms with Crippen LogP contribution < -0.4 is 4.90 Å². The van der Waals surface area contributed by atoms with E-state index in [0.717, 1.165) is 15.8 Å². The summed E-state index contributed by atoms with van der Waals surface area (Å²) in [5, 5.41) is 1.15. The molecule has 164 valence electrons. The van der Waals surface area contributed by atoms with Crippen molar-refractivity contribution in [3.05, 3.63) is 83.6 Å². The van der Waals surface area contributed by atoms with Crippen LogP contribution in [0, 0.1) is 0 Å². The number of hydrogen-bond acceptors (Lipinski definition) is 6. The van der Waals surface area contributed by atoms with Crippen molar-refractivity contribution in [2.45, 2.75) is 24.3 Å². The molecule has 2 heterocycles. The van der Waals surface area contributed by atoms with Crippen molar-refractivity contribution < 1.29 is 13.2 Å². The van der Waals surface area contributed by atoms with Crippen molar-refractivity contribution in [1.29, 1.82) is 0 Å². The third-order valence-electron chi connectivity index (χ3n) is 4.87. The van der Waals surface area contributed by atoms with Crippen molar-refractivity contribution in [2.75, 3.05) is 10.7 Å². The molecule has 6 nitrogen and oxygen atoms in total. The Morgan fingerprint density at radius 2 is 1.78 bits per heavy atom. The number of benzene rings is 2. The number of aromatic nitrogens is 2. The van der Waals surface area contributed by atoms with Crippen LogP contribution in [-0.4, -0.2) is 30.0 Å². The highest BCUT2D eigenvalue weighted by atomic mass is 35.5. The van der Waals surface area contributed by atoms with Crippen LogP contribution in [-0.2, 0) is 21.2 Å². The molecule has 0 unspecified atom stereocenters. The first-order valence-electron chi connectivity index (χ1n) is 9.95. The zero-order valence-corrected chi connectivity index (χ0v) is 19.4. The fourth-order valence-corrected chi connectivity index (χ4v) is 5.82. The van der Waals surface area contributed by atoms with Crippen molar-refractivity contribution in [2.24, 2.45) is 0 Å². The first-order valence-corrected chi connectivity index (χ1v) is 12.8. The quantitative estimate of drug-likeness (QED) is 0.345. The molecule has 2 aromatic heterocycles. The van der Waals surface area contributed by atoms with Crippen LogP contribution >= 0.6 is 22.9 Å². The van der Waals surface area contributed by atoms with Crippen LogP contribution in [0.2, 0.25) is 5.02 Å². The van der Waals surface area contributed by atoms with Gasteiger partial charge in [-0.2, -0.15) is 0 Å². The maximum Gasteiger partial charge on any atom is 0.229 e. The van der Waals surface area contributed by atoms with Crippen molar-refractivity contribution in [3.8, 4) is 0 Å². The number of thiazole rings is 1. The standard InChI is InChI=1S/C23H20ClN3O3S2/c24-18-8-9-20-21(15-18)31-23(26-20)27(16-17-10-12-25-13-11-17)22(28)7-4-14-32(29,30)19-5-2-1-3-6-19/h1-3,5-6,8-13,15H,4,7,14,16H2. The number of hydrogen-bond donors (Lipinski definition) is 0. The number of rotatable bonds is 8. The highest BCUT2D eigenvalue weighted by Gasteiger charge is 2.22. The van der Waals surface area contributed by atoms with Gasteiger partial charge in [0, 0.05) is 23.8 Å². The van der Waals surface area contributed by atoms with E-state index >= 15 is 0 Å². The lowest BCUT2D eigenvalue weighted by Crippen LogP contribution is -2.30. The van der Waals surface area contributed by atoms with Gasteiger partial charge in [0.25, 0.3) is 0 Å². The Morgan fingerprint density at radius 1 is 1.03 bits per heavy atom. The van der Waals surface area contributed by atoms with Crippen LogP contribution in [0.25, 0.3) is 10.2 Å². The summed E-state index contributed by atoms with van der Waals surface area (Å²) in [4.78, 5) is 23.7. The molecule has 2 aromatic carbocycles. The van der Waals surface area contributed by atoms with Crippen LogP contribution in [0.15, 0.2) is 78.0 Å². The van der Waals surface area contributed by atoms with E-state index in [-0.39, 0.29) is 29.4 Å². The molecule has 0 aliphatic carbocycles. The van der Waals surface area contributed by atoms with E-state index in [0.29, 0.717) is 16.7 Å². The van der Waals surface area contributed by atoms with Gasteiger partial charge in [-0.15, -0.1) is 0 Å². The number of carbonyl (C=O) groups excluding carboxylic acids is 1. The number of fused-ring (bicyclic) bond motifs is 1. The van der Waals surface area contributed by atoms with Gasteiger partial charge in [-0.1, -0.05) is 41.1 Å². The Kier molecular flexibility index (Phi) is 6.83. The van der Waals surface area contributed by atoms with Gasteiger partial charge in [-0.3, -0.25) is 14.7 Å². The summed E-state index contributed by atoms with van der Waals surface area (Å²) in [6.07, 6.45) is 3.65. The molecule has 0 fully saturated rings. The molecule has 4 rings (SSSR count). The number of sulfone groups is 1. The fraction of sp³-hybridized carbons (Fsp3) is 0.174. The second-order valence-electron chi connectivity index (χ2n) is 7.18. The van der Waals surface area contributed by atoms with Crippen LogP contribution in [0.5, 0.6) is 0 Å². The van der Waals surface area contributed by atoms with Gasteiger partial charge in [0.1, 0.15) is 0 Å². The molecule has 0 bridgehead atoms. The van der Waals surface area contributed by atoms with E-state index in [1.165, 1.54) is 11.3 Å². The maximum atomic E-state index is 13.2. The van der Waals surface area contributed by atoms with Crippen LogP contribution in [0.4, 0.5) is 5.13 Å². The smallest absolute Gasteiger partial charge is 0.229 e. The average molecular weight is 486 g/mol. The van der Waals surface area contributed by atoms with Gasteiger partial charge in [0.15, 0.2) is 15.0 Å². The predicted molar refractivity (Wildman–Crippen MR) is 128 cm³/mol. The third-order valence-corrected chi connectivity index (χ3v) is 7.96. The molecule has 0 saturated heterocycles. The van der Waals surface area contributed by atoms with Gasteiger partial charge in [-0.05, 0) is 54.4 Å². The second kappa shape index (κ2) is 9.77. The topological polar surface area (TPSA) is 80.2 Å². The number of halogens is 1. The Bertz CT molecular complexity index is 1330. The lowest BCUT2D eigenvalue weighted by atomic mass is 10.2. The van der Waals surface area contributed by atoms with Gasteiger partial charge in [0.2, 0.25) is 5.91 Å². The molecule has 0 saturated carbocycles. The van der Waals surface area contributed by atoms with Gasteiger partial charge >= 0.3 is 0 Å². The molecule has 4 aromatic rings. The minimum Gasteiger partial charge on any atom is -0.284 e. The van der Waals surface area contributed by atoms with Crippen LogP contribution in [0.3, 0.4) is 0 Å². The Hall–Kier alpha value is -2.81. The summed E-state index contributed by atoms with van der Waals surface area (Å²) in [7, 11) is -3.44. The monoisotopic (exact) mass is 485 g/mol. The van der Waals surface area contributed by atoms with Gasteiger partial charge in [-0.25, -0.2) is 13.4 Å². The molecule has 0 radical (unpaired) electrons. The van der Waals surface area contributed by atoms with Gasteiger partial charge < -0.3 is 0 Å². The first-order chi connectivity index (χ1) is 15.4. The summed E-state index contributed by atoms with van der Waals surface area (Å²) < 4.78 is 26.0.